The van der Waals surface area contributed by atoms with E-state index in [9.17, 15) is 9.18 Å². The average molecular weight is 422 g/mol. The molecule has 2 aromatic carbocycles. The highest BCUT2D eigenvalue weighted by atomic mass is 19.1. The van der Waals surface area contributed by atoms with E-state index in [0.717, 1.165) is 0 Å². The maximum absolute atomic E-state index is 13.4. The van der Waals surface area contributed by atoms with E-state index in [1.165, 1.54) is 18.4 Å². The average Bonchev–Trinajstić information content (AvgIpc) is 3.45. The molecular weight excluding hydrogens is 403 g/mol. The van der Waals surface area contributed by atoms with Gasteiger partial charge in [-0.1, -0.05) is 6.07 Å². The molecule has 2 heterocycles. The smallest absolute Gasteiger partial charge is 0.336 e. The van der Waals surface area contributed by atoms with E-state index in [2.05, 4.69) is 15.4 Å². The van der Waals surface area contributed by atoms with E-state index in [4.69, 9.17) is 13.9 Å². The van der Waals surface area contributed by atoms with Crippen molar-refractivity contribution in [1.29, 1.82) is 0 Å². The van der Waals surface area contributed by atoms with Crippen LogP contribution in [0.25, 0.3) is 17.1 Å². The zero-order chi connectivity index (χ0) is 21.6. The first-order valence-electron chi connectivity index (χ1n) is 9.44. The van der Waals surface area contributed by atoms with Crippen LogP contribution < -0.4 is 10.1 Å². The second-order valence-corrected chi connectivity index (χ2v) is 6.46. The highest BCUT2D eigenvalue weighted by Crippen LogP contribution is 2.25. The predicted molar refractivity (Wildman–Crippen MR) is 111 cm³/mol. The lowest BCUT2D eigenvalue weighted by Gasteiger charge is -2.09. The number of amides is 1. The molecule has 0 atom stereocenters. The van der Waals surface area contributed by atoms with Gasteiger partial charge in [0.15, 0.2) is 11.6 Å². The van der Waals surface area contributed by atoms with Crippen molar-refractivity contribution < 1.29 is 23.1 Å². The fourth-order valence-corrected chi connectivity index (χ4v) is 2.85. The van der Waals surface area contributed by atoms with Gasteiger partial charge in [0, 0.05) is 18.4 Å². The summed E-state index contributed by atoms with van der Waals surface area (Å²) in [4.78, 5) is 16.7. The van der Waals surface area contributed by atoms with Crippen LogP contribution in [0.2, 0.25) is 0 Å². The lowest BCUT2D eigenvalue weighted by atomic mass is 10.2. The van der Waals surface area contributed by atoms with Crippen LogP contribution in [0.15, 0.2) is 71.3 Å². The van der Waals surface area contributed by atoms with E-state index < -0.39 is 0 Å². The Kier molecular flexibility index (Phi) is 6.04. The molecule has 0 fully saturated rings. The summed E-state index contributed by atoms with van der Waals surface area (Å²) in [5, 5.41) is 7.20. The van der Waals surface area contributed by atoms with E-state index in [1.807, 2.05) is 6.07 Å². The van der Waals surface area contributed by atoms with Gasteiger partial charge < -0.3 is 19.2 Å². The zero-order valence-electron chi connectivity index (χ0n) is 16.6. The number of anilines is 1. The van der Waals surface area contributed by atoms with E-state index in [-0.39, 0.29) is 30.1 Å². The molecule has 0 radical (unpaired) electrons. The summed E-state index contributed by atoms with van der Waals surface area (Å²) < 4.78 is 30.6. The fourth-order valence-electron chi connectivity index (χ4n) is 2.85. The number of carbonyl (C=O) groups excluding carboxylic acids is 1. The molecule has 0 aliphatic carbocycles. The molecule has 0 bridgehead atoms. The van der Waals surface area contributed by atoms with Gasteiger partial charge in [-0.05, 0) is 54.6 Å². The van der Waals surface area contributed by atoms with Crippen LogP contribution in [-0.4, -0.2) is 41.0 Å². The molecule has 8 nitrogen and oxygen atoms in total. The molecule has 158 valence electrons. The fraction of sp³-hybridized carbons (Fsp3) is 0.136. The largest absolute Gasteiger partial charge is 0.460 e. The van der Waals surface area contributed by atoms with Crippen molar-refractivity contribution >= 4 is 11.6 Å². The van der Waals surface area contributed by atoms with Gasteiger partial charge in [-0.2, -0.15) is 4.98 Å². The van der Waals surface area contributed by atoms with Crippen molar-refractivity contribution in [2.45, 2.75) is 0 Å². The minimum atomic E-state index is -0.372. The normalized spacial score (nSPS) is 10.8. The summed E-state index contributed by atoms with van der Waals surface area (Å²) in [5.41, 5.74) is 1.83. The van der Waals surface area contributed by atoms with Crippen LogP contribution in [0.4, 0.5) is 10.1 Å². The first-order valence-corrected chi connectivity index (χ1v) is 9.44. The molecule has 0 unspecified atom stereocenters. The van der Waals surface area contributed by atoms with Crippen LogP contribution in [0, 0.1) is 5.82 Å². The molecule has 31 heavy (non-hydrogen) atoms. The van der Waals surface area contributed by atoms with Crippen LogP contribution in [-0.2, 0) is 4.74 Å². The molecule has 9 heteroatoms. The Balaban J connectivity index is 1.67. The number of hydrogen-bond donors (Lipinski definition) is 1. The molecule has 0 saturated carbocycles. The minimum absolute atomic E-state index is 0.154. The van der Waals surface area contributed by atoms with Crippen molar-refractivity contribution in [3.63, 3.8) is 0 Å². The summed E-state index contributed by atoms with van der Waals surface area (Å²) in [6.45, 7) is 0.664. The lowest BCUT2D eigenvalue weighted by molar-refractivity contribution is 0.0996. The molecule has 1 amide bonds. The van der Waals surface area contributed by atoms with Gasteiger partial charge in [0.05, 0.1) is 18.6 Å². The summed E-state index contributed by atoms with van der Waals surface area (Å²) in [6, 6.07) is 16.3. The monoisotopic (exact) mass is 422 g/mol. The van der Waals surface area contributed by atoms with Gasteiger partial charge in [-0.25, -0.2) is 9.07 Å². The number of rotatable bonds is 8. The van der Waals surface area contributed by atoms with Gasteiger partial charge in [0.2, 0.25) is 0 Å². The number of methoxy groups -OCH3 is 1. The van der Waals surface area contributed by atoms with Crippen molar-refractivity contribution in [2.24, 2.45) is 0 Å². The molecule has 1 N–H and O–H groups in total. The molecule has 0 aliphatic heterocycles. The molecular formula is C22H19FN4O4. The van der Waals surface area contributed by atoms with Crippen LogP contribution in [0.5, 0.6) is 6.01 Å². The Morgan fingerprint density at radius 1 is 1.13 bits per heavy atom. The minimum Gasteiger partial charge on any atom is -0.460 e. The number of furan rings is 1. The standard InChI is InChI=1S/C22H19FN4O4/c1-29-12-13-31-22-25-20(15-7-9-16(23)10-8-15)27(26-22)18-5-2-4-17(14-18)24-21(28)19-6-3-11-30-19/h2-11,14H,12-13H2,1H3,(H,24,28). The van der Waals surface area contributed by atoms with Gasteiger partial charge in [0.1, 0.15) is 12.4 Å². The Morgan fingerprint density at radius 2 is 1.97 bits per heavy atom. The zero-order valence-corrected chi connectivity index (χ0v) is 16.6. The number of aromatic nitrogens is 3. The summed E-state index contributed by atoms with van der Waals surface area (Å²) in [7, 11) is 1.57. The molecule has 0 spiro atoms. The Morgan fingerprint density at radius 3 is 2.71 bits per heavy atom. The van der Waals surface area contributed by atoms with Gasteiger partial charge in [0.25, 0.3) is 5.91 Å². The summed E-state index contributed by atoms with van der Waals surface area (Å²) >= 11 is 0. The van der Waals surface area contributed by atoms with E-state index in [0.29, 0.717) is 29.4 Å². The third-order valence-electron chi connectivity index (χ3n) is 4.30. The Hall–Kier alpha value is -3.98. The van der Waals surface area contributed by atoms with Crippen molar-refractivity contribution in [1.82, 2.24) is 14.8 Å². The predicted octanol–water partition coefficient (Wildman–Crippen LogP) is 3.94. The van der Waals surface area contributed by atoms with Crippen molar-refractivity contribution in [3.8, 4) is 23.1 Å². The van der Waals surface area contributed by atoms with E-state index in [1.54, 1.807) is 54.3 Å². The van der Waals surface area contributed by atoms with Crippen molar-refractivity contribution in [3.05, 3.63) is 78.5 Å². The summed E-state index contributed by atoms with van der Waals surface area (Å²) in [6.07, 6.45) is 1.43. The second kappa shape index (κ2) is 9.23. The van der Waals surface area contributed by atoms with Crippen LogP contribution in [0.3, 0.4) is 0 Å². The van der Waals surface area contributed by atoms with Crippen molar-refractivity contribution in [2.75, 3.05) is 25.6 Å². The maximum atomic E-state index is 13.4. The van der Waals surface area contributed by atoms with Gasteiger partial charge in [-0.15, -0.1) is 5.10 Å². The molecule has 4 aromatic rings. The number of benzene rings is 2. The number of carbonyl (C=O) groups is 1. The Bertz CT molecular complexity index is 1160. The topological polar surface area (TPSA) is 91.4 Å². The molecule has 4 rings (SSSR count). The number of nitrogens with one attached hydrogen (secondary N) is 1. The number of nitrogens with zero attached hydrogens (tertiary/aromatic N) is 3. The molecule has 2 aromatic heterocycles. The molecule has 0 aliphatic rings. The van der Waals surface area contributed by atoms with Gasteiger partial charge in [-0.3, -0.25) is 4.79 Å². The first-order chi connectivity index (χ1) is 15.1. The van der Waals surface area contributed by atoms with Crippen LogP contribution >= 0.6 is 0 Å². The summed E-state index contributed by atoms with van der Waals surface area (Å²) in [5.74, 6) is -0.0639. The van der Waals surface area contributed by atoms with E-state index >= 15 is 0 Å². The quantitative estimate of drug-likeness (QED) is 0.433. The first kappa shape index (κ1) is 20.3. The SMILES string of the molecule is COCCOc1nc(-c2ccc(F)cc2)n(-c2cccc(NC(=O)c3ccco3)c2)n1. The second-order valence-electron chi connectivity index (χ2n) is 6.46. The number of ether oxygens (including phenoxy) is 2. The third kappa shape index (κ3) is 4.78. The lowest BCUT2D eigenvalue weighted by Crippen LogP contribution is -2.11. The molecule has 0 saturated heterocycles. The number of hydrogen-bond acceptors (Lipinski definition) is 6. The third-order valence-corrected chi connectivity index (χ3v) is 4.30. The maximum Gasteiger partial charge on any atom is 0.336 e. The van der Waals surface area contributed by atoms with Gasteiger partial charge >= 0.3 is 6.01 Å². The van der Waals surface area contributed by atoms with Crippen LogP contribution in [0.1, 0.15) is 10.6 Å². The Labute approximate surface area is 177 Å². The highest BCUT2D eigenvalue weighted by molar-refractivity contribution is 6.02. The number of halogens is 1. The highest BCUT2D eigenvalue weighted by Gasteiger charge is 2.16.